The van der Waals surface area contributed by atoms with Gasteiger partial charge in [0.2, 0.25) is 0 Å². The number of hydrogen-bond donors (Lipinski definition) is 0. The van der Waals surface area contributed by atoms with E-state index >= 15 is 0 Å². The van der Waals surface area contributed by atoms with E-state index in [1.165, 1.54) is 0 Å². The third-order valence-corrected chi connectivity index (χ3v) is 3.85. The highest BCUT2D eigenvalue weighted by Gasteiger charge is 2.32. The minimum Gasteiger partial charge on any atom is -0.461 e. The molecular formula is C15H23I3O6. The van der Waals surface area contributed by atoms with E-state index in [0.29, 0.717) is 0 Å². The average molecular weight is 680 g/mol. The SMILES string of the molecule is CC(C)(I)C(=O)OCC(COC(=O)C(C)(C)I)OC(=O)C(C)(C)I. The minimum atomic E-state index is -0.850. The van der Waals surface area contributed by atoms with E-state index in [1.54, 1.807) is 41.5 Å². The lowest BCUT2D eigenvalue weighted by Crippen LogP contribution is -2.39. The van der Waals surface area contributed by atoms with Crippen LogP contribution in [0.2, 0.25) is 0 Å². The van der Waals surface area contributed by atoms with Gasteiger partial charge in [0.25, 0.3) is 0 Å². The van der Waals surface area contributed by atoms with E-state index in [1.807, 2.05) is 67.8 Å². The van der Waals surface area contributed by atoms with Crippen molar-refractivity contribution in [2.45, 2.75) is 57.9 Å². The molecule has 0 saturated carbocycles. The van der Waals surface area contributed by atoms with Crippen LogP contribution in [0.5, 0.6) is 0 Å². The predicted molar refractivity (Wildman–Crippen MR) is 116 cm³/mol. The Hall–Kier alpha value is 0.600. The van der Waals surface area contributed by atoms with Crippen LogP contribution in [0.3, 0.4) is 0 Å². The largest absolute Gasteiger partial charge is 0.461 e. The molecule has 6 nitrogen and oxygen atoms in total. The molecule has 0 atom stereocenters. The van der Waals surface area contributed by atoms with Gasteiger partial charge in [-0.05, 0) is 41.5 Å². The molecule has 0 aliphatic carbocycles. The highest BCUT2D eigenvalue weighted by molar-refractivity contribution is 14.1. The zero-order chi connectivity index (χ0) is 19.3. The summed E-state index contributed by atoms with van der Waals surface area (Å²) in [6.07, 6.45) is -0.850. The topological polar surface area (TPSA) is 78.9 Å². The van der Waals surface area contributed by atoms with Gasteiger partial charge in [-0.25, -0.2) is 0 Å². The first kappa shape index (κ1) is 24.6. The summed E-state index contributed by atoms with van der Waals surface area (Å²) in [6, 6.07) is 0. The van der Waals surface area contributed by atoms with Gasteiger partial charge in [-0.3, -0.25) is 14.4 Å². The summed E-state index contributed by atoms with van der Waals surface area (Å²) in [4.78, 5) is 35.8. The fourth-order valence-corrected chi connectivity index (χ4v) is 1.53. The number of rotatable bonds is 8. The Labute approximate surface area is 183 Å². The van der Waals surface area contributed by atoms with Gasteiger partial charge < -0.3 is 14.2 Å². The van der Waals surface area contributed by atoms with Crippen LogP contribution in [0.1, 0.15) is 41.5 Å². The molecule has 0 aliphatic rings. The first-order chi connectivity index (χ1) is 10.5. The van der Waals surface area contributed by atoms with Gasteiger partial charge in [-0.1, -0.05) is 67.8 Å². The number of alkyl halides is 3. The molecule has 0 saturated heterocycles. The third-order valence-electron chi connectivity index (χ3n) is 2.53. The first-order valence-corrected chi connectivity index (χ1v) is 10.4. The molecule has 0 rings (SSSR count). The number of ether oxygens (including phenoxy) is 3. The Morgan fingerprint density at radius 3 is 1.25 bits per heavy atom. The maximum Gasteiger partial charge on any atom is 0.321 e. The second kappa shape index (κ2) is 9.51. The summed E-state index contributed by atoms with van der Waals surface area (Å²) < 4.78 is 13.6. The van der Waals surface area contributed by atoms with Crippen molar-refractivity contribution in [3.05, 3.63) is 0 Å². The van der Waals surface area contributed by atoms with Crippen molar-refractivity contribution in [2.75, 3.05) is 13.2 Å². The van der Waals surface area contributed by atoms with Crippen LogP contribution in [0, 0.1) is 0 Å². The van der Waals surface area contributed by atoms with Crippen molar-refractivity contribution >= 4 is 85.7 Å². The van der Waals surface area contributed by atoms with Gasteiger partial charge in [0.15, 0.2) is 6.10 Å². The lowest BCUT2D eigenvalue weighted by molar-refractivity contribution is -0.168. The van der Waals surface area contributed by atoms with E-state index in [9.17, 15) is 14.4 Å². The Bertz CT molecular complexity index is 441. The Morgan fingerprint density at radius 1 is 0.708 bits per heavy atom. The molecule has 0 aliphatic heterocycles. The lowest BCUT2D eigenvalue weighted by atomic mass is 10.2. The minimum absolute atomic E-state index is 0.168. The maximum atomic E-state index is 12.0. The molecule has 0 bridgehead atoms. The maximum absolute atomic E-state index is 12.0. The summed E-state index contributed by atoms with van der Waals surface area (Å²) in [5.41, 5.74) is 0. The van der Waals surface area contributed by atoms with Gasteiger partial charge in [0.05, 0.1) is 0 Å². The highest BCUT2D eigenvalue weighted by atomic mass is 127. The Balaban J connectivity index is 4.87. The highest BCUT2D eigenvalue weighted by Crippen LogP contribution is 2.22. The van der Waals surface area contributed by atoms with Crippen LogP contribution in [0.15, 0.2) is 0 Å². The third kappa shape index (κ3) is 9.92. The van der Waals surface area contributed by atoms with Crippen LogP contribution in [-0.4, -0.2) is 47.5 Å². The number of esters is 3. The second-order valence-corrected chi connectivity index (χ2v) is 14.7. The van der Waals surface area contributed by atoms with Crippen LogP contribution in [-0.2, 0) is 28.6 Å². The summed E-state index contributed by atoms with van der Waals surface area (Å²) in [6.45, 7) is 9.91. The molecule has 0 aromatic rings. The molecule has 0 aromatic carbocycles. The normalized spacial score (nSPS) is 12.8. The van der Waals surface area contributed by atoms with Gasteiger partial charge in [0.1, 0.15) is 23.5 Å². The monoisotopic (exact) mass is 680 g/mol. The molecule has 9 heteroatoms. The summed E-state index contributed by atoms with van der Waals surface area (Å²) in [5, 5.41) is 0. The molecule has 0 unspecified atom stereocenters. The average Bonchev–Trinajstić information content (AvgIpc) is 2.37. The zero-order valence-corrected chi connectivity index (χ0v) is 21.0. The van der Waals surface area contributed by atoms with Crippen molar-refractivity contribution in [3.63, 3.8) is 0 Å². The number of halogens is 3. The molecule has 0 N–H and O–H groups in total. The molecule has 140 valence electrons. The van der Waals surface area contributed by atoms with Crippen LogP contribution >= 0.6 is 67.8 Å². The summed E-state index contributed by atoms with van der Waals surface area (Å²) >= 11 is 5.87. The van der Waals surface area contributed by atoms with Gasteiger partial charge in [-0.2, -0.15) is 0 Å². The quantitative estimate of drug-likeness (QED) is 0.169. The standard InChI is InChI=1S/C15H23I3O6/c1-13(2,16)10(19)22-7-9(24-12(21)15(5,6)18)8-23-11(20)14(3,4)17/h9H,7-8H2,1-6H3. The molecule has 0 amide bonds. The molecule has 24 heavy (non-hydrogen) atoms. The van der Waals surface area contributed by atoms with Crippen LogP contribution < -0.4 is 0 Å². The molecule has 0 fully saturated rings. The smallest absolute Gasteiger partial charge is 0.321 e. The van der Waals surface area contributed by atoms with Crippen molar-refractivity contribution in [1.82, 2.24) is 0 Å². The summed E-state index contributed by atoms with van der Waals surface area (Å²) in [7, 11) is 0. The number of hydrogen-bond acceptors (Lipinski definition) is 6. The molecule has 0 aromatic heterocycles. The van der Waals surface area contributed by atoms with Gasteiger partial charge in [-0.15, -0.1) is 0 Å². The van der Waals surface area contributed by atoms with Crippen molar-refractivity contribution in [2.24, 2.45) is 0 Å². The molecule has 0 spiro atoms. The van der Waals surface area contributed by atoms with Crippen LogP contribution in [0.25, 0.3) is 0 Å². The van der Waals surface area contributed by atoms with Crippen molar-refractivity contribution in [3.8, 4) is 0 Å². The van der Waals surface area contributed by atoms with E-state index in [2.05, 4.69) is 0 Å². The molecule has 0 heterocycles. The first-order valence-electron chi connectivity index (χ1n) is 7.17. The lowest BCUT2D eigenvalue weighted by Gasteiger charge is -2.24. The predicted octanol–water partition coefficient (Wildman–Crippen LogP) is 3.63. The molecule has 0 radical (unpaired) electrons. The van der Waals surface area contributed by atoms with Gasteiger partial charge in [0, 0.05) is 0 Å². The van der Waals surface area contributed by atoms with Crippen molar-refractivity contribution in [1.29, 1.82) is 0 Å². The Morgan fingerprint density at radius 2 is 1.00 bits per heavy atom. The Kier molecular flexibility index (Phi) is 9.75. The fourth-order valence-electron chi connectivity index (χ4n) is 1.09. The number of carbonyl (C=O) groups excluding carboxylic acids is 3. The molecular weight excluding hydrogens is 657 g/mol. The fraction of sp³-hybridized carbons (Fsp3) is 0.800. The zero-order valence-electron chi connectivity index (χ0n) is 14.6. The second-order valence-electron chi connectivity index (χ2n) is 6.64. The van der Waals surface area contributed by atoms with Gasteiger partial charge >= 0.3 is 17.9 Å². The van der Waals surface area contributed by atoms with Crippen molar-refractivity contribution < 1.29 is 28.6 Å². The van der Waals surface area contributed by atoms with E-state index < -0.39 is 34.3 Å². The van der Waals surface area contributed by atoms with E-state index in [-0.39, 0.29) is 13.2 Å². The van der Waals surface area contributed by atoms with E-state index in [0.717, 1.165) is 0 Å². The number of carbonyl (C=O) groups is 3. The van der Waals surface area contributed by atoms with E-state index in [4.69, 9.17) is 14.2 Å². The summed E-state index contributed by atoms with van der Waals surface area (Å²) in [5.74, 6) is -1.33. The van der Waals surface area contributed by atoms with Crippen LogP contribution in [0.4, 0.5) is 0 Å².